The van der Waals surface area contributed by atoms with Gasteiger partial charge in [-0.15, -0.1) is 0 Å². The number of carboxylic acid groups (broad SMARTS) is 1. The normalized spacial score (nSPS) is 14.6. The van der Waals surface area contributed by atoms with Crippen molar-refractivity contribution in [3.05, 3.63) is 84.4 Å². The highest BCUT2D eigenvalue weighted by Crippen LogP contribution is 2.37. The van der Waals surface area contributed by atoms with E-state index in [1.54, 1.807) is 17.3 Å². The molecule has 4 N–H and O–H groups in total. The average molecular weight is 758 g/mol. The molecule has 5 rings (SSSR count). The van der Waals surface area contributed by atoms with E-state index in [9.17, 15) is 9.59 Å². The molecule has 2 aromatic carbocycles. The lowest BCUT2D eigenvalue weighted by Gasteiger charge is -2.41. The zero-order valence-electron chi connectivity index (χ0n) is 32.4. The predicted molar refractivity (Wildman–Crippen MR) is 210 cm³/mol. The number of aromatic amines is 1. The number of hydrogen-bond donors (Lipinski definition) is 4. The number of H-pyrrole nitrogens is 1. The summed E-state index contributed by atoms with van der Waals surface area (Å²) in [6.45, 7) is 10.7. The molecule has 3 heterocycles. The van der Waals surface area contributed by atoms with E-state index in [4.69, 9.17) is 29.0 Å². The Balaban J connectivity index is 1.13. The van der Waals surface area contributed by atoms with Crippen LogP contribution < -0.4 is 15.4 Å². The van der Waals surface area contributed by atoms with Gasteiger partial charge < -0.3 is 39.6 Å². The van der Waals surface area contributed by atoms with E-state index < -0.39 is 17.1 Å². The number of hydrogen-bond acceptors (Lipinski definition) is 11. The Bertz CT molecular complexity index is 1770. The van der Waals surface area contributed by atoms with Crippen LogP contribution >= 0.6 is 0 Å². The van der Waals surface area contributed by atoms with Gasteiger partial charge in [-0.05, 0) is 114 Å². The van der Waals surface area contributed by atoms with E-state index in [0.717, 1.165) is 47.5 Å². The SMILES string of the molecule is C[C@@H](Nc1cccc(NC2(c3nc(-c4ccncc4)n[nH]3)CCN(C(=O)OC(C)(C)C)CC2)c1)c1ccc(OCCCCCOCCCOCC(=O)O)cc1. The van der Waals surface area contributed by atoms with Gasteiger partial charge in [-0.1, -0.05) is 18.2 Å². The minimum absolute atomic E-state index is 0.0382. The number of piperidine rings is 1. The van der Waals surface area contributed by atoms with E-state index >= 15 is 0 Å². The minimum atomic E-state index is -0.958. The number of aromatic nitrogens is 4. The molecule has 296 valence electrons. The molecule has 1 saturated heterocycles. The van der Waals surface area contributed by atoms with Gasteiger partial charge in [0.15, 0.2) is 11.6 Å². The summed E-state index contributed by atoms with van der Waals surface area (Å²) in [4.78, 5) is 34.2. The third-order valence-corrected chi connectivity index (χ3v) is 9.16. The lowest BCUT2D eigenvalue weighted by Crippen LogP contribution is -2.50. The Morgan fingerprint density at radius 2 is 1.60 bits per heavy atom. The molecule has 0 spiro atoms. The molecule has 0 bridgehead atoms. The number of ether oxygens (including phenoxy) is 4. The molecule has 1 aliphatic heterocycles. The Kier molecular flexibility index (Phi) is 14.8. The van der Waals surface area contributed by atoms with Gasteiger partial charge in [0, 0.05) is 68.3 Å². The average Bonchev–Trinajstić information content (AvgIpc) is 3.67. The van der Waals surface area contributed by atoms with Crippen LogP contribution in [-0.4, -0.2) is 94.0 Å². The van der Waals surface area contributed by atoms with Gasteiger partial charge in [-0.2, -0.15) is 5.10 Å². The van der Waals surface area contributed by atoms with Crippen LogP contribution in [0.25, 0.3) is 11.4 Å². The summed E-state index contributed by atoms with van der Waals surface area (Å²) < 4.78 is 22.2. The molecule has 14 nitrogen and oxygen atoms in total. The highest BCUT2D eigenvalue weighted by atomic mass is 16.6. The standard InChI is InChI=1S/C41H55N7O7/c1-30(31-12-14-35(15-13-31)54-27-7-5-6-24-52-25-9-26-53-29-36(49)50)43-33-10-8-11-34(28-33)45-41(18-22-48(23-19-41)39(51)55-40(2,3)4)38-44-37(46-47-38)32-16-20-42-21-17-32/h8,10-17,20-21,28,30,43,45H,5-7,9,18-19,22-27,29H2,1-4H3,(H,49,50)(H,44,46,47)/t30-/m1/s1. The third kappa shape index (κ3) is 13.0. The predicted octanol–water partition coefficient (Wildman–Crippen LogP) is 7.44. The summed E-state index contributed by atoms with van der Waals surface area (Å²) in [5, 5.41) is 23.7. The van der Waals surface area contributed by atoms with Gasteiger partial charge in [0.05, 0.1) is 6.61 Å². The molecule has 1 aliphatic rings. The number of nitrogens with zero attached hydrogens (tertiary/aromatic N) is 4. The quantitative estimate of drug-likeness (QED) is 0.0658. The molecule has 1 amide bonds. The van der Waals surface area contributed by atoms with E-state index in [0.29, 0.717) is 70.4 Å². The molecular weight excluding hydrogens is 702 g/mol. The van der Waals surface area contributed by atoms with Crippen LogP contribution in [0.2, 0.25) is 0 Å². The molecule has 55 heavy (non-hydrogen) atoms. The highest BCUT2D eigenvalue weighted by molar-refractivity contribution is 5.69. The molecule has 0 aliphatic carbocycles. The number of carboxylic acids is 1. The molecule has 4 aromatic rings. The zero-order chi connectivity index (χ0) is 39.1. The Hall–Kier alpha value is -5.21. The molecule has 14 heteroatoms. The van der Waals surface area contributed by atoms with Crippen LogP contribution in [0.15, 0.2) is 73.1 Å². The van der Waals surface area contributed by atoms with E-state index in [1.165, 1.54) is 0 Å². The van der Waals surface area contributed by atoms with Crippen molar-refractivity contribution in [2.24, 2.45) is 0 Å². The Labute approximate surface area is 323 Å². The Morgan fingerprint density at radius 1 is 0.909 bits per heavy atom. The molecule has 0 radical (unpaired) electrons. The first-order chi connectivity index (χ1) is 26.5. The van der Waals surface area contributed by atoms with Crippen molar-refractivity contribution in [3.8, 4) is 17.1 Å². The van der Waals surface area contributed by atoms with Crippen molar-refractivity contribution in [1.29, 1.82) is 0 Å². The van der Waals surface area contributed by atoms with Crippen LogP contribution in [0, 0.1) is 0 Å². The first kappa shape index (κ1) is 41.0. The number of anilines is 2. The maximum atomic E-state index is 12.9. The number of aliphatic carboxylic acids is 1. The minimum Gasteiger partial charge on any atom is -0.494 e. The summed E-state index contributed by atoms with van der Waals surface area (Å²) in [6.07, 6.45) is 7.89. The van der Waals surface area contributed by atoms with Crippen molar-refractivity contribution >= 4 is 23.4 Å². The van der Waals surface area contributed by atoms with Crippen molar-refractivity contribution in [3.63, 3.8) is 0 Å². The number of pyridine rings is 1. The number of carbonyl (C=O) groups is 2. The topological polar surface area (TPSA) is 173 Å². The largest absolute Gasteiger partial charge is 0.494 e. The molecule has 2 aromatic heterocycles. The number of unbranched alkanes of at least 4 members (excludes halogenated alkanes) is 2. The fraction of sp³-hybridized carbons (Fsp3) is 0.488. The van der Waals surface area contributed by atoms with Crippen LogP contribution in [0.5, 0.6) is 5.75 Å². The lowest BCUT2D eigenvalue weighted by molar-refractivity contribution is -0.142. The number of benzene rings is 2. The van der Waals surface area contributed by atoms with Gasteiger partial charge in [0.1, 0.15) is 23.5 Å². The van der Waals surface area contributed by atoms with E-state index in [-0.39, 0.29) is 18.7 Å². The summed E-state index contributed by atoms with van der Waals surface area (Å²) in [7, 11) is 0. The second-order valence-corrected chi connectivity index (χ2v) is 14.8. The first-order valence-corrected chi connectivity index (χ1v) is 19.1. The number of rotatable bonds is 20. The van der Waals surface area contributed by atoms with Gasteiger partial charge >= 0.3 is 12.1 Å². The Morgan fingerprint density at radius 3 is 2.33 bits per heavy atom. The molecular formula is C41H55N7O7. The number of amides is 1. The fourth-order valence-electron chi connectivity index (χ4n) is 6.27. The van der Waals surface area contributed by atoms with Crippen molar-refractivity contribution in [2.45, 2.75) is 83.4 Å². The highest BCUT2D eigenvalue weighted by Gasteiger charge is 2.41. The first-order valence-electron chi connectivity index (χ1n) is 19.1. The monoisotopic (exact) mass is 757 g/mol. The summed E-state index contributed by atoms with van der Waals surface area (Å²) in [5.41, 5.74) is 2.71. The number of nitrogens with one attached hydrogen (secondary N) is 3. The summed E-state index contributed by atoms with van der Waals surface area (Å²) >= 11 is 0. The van der Waals surface area contributed by atoms with Crippen molar-refractivity contribution in [2.75, 3.05) is 56.8 Å². The maximum Gasteiger partial charge on any atom is 0.410 e. The molecule has 1 atom stereocenters. The number of likely N-dealkylation sites (tertiary alicyclic amines) is 1. The molecule has 0 saturated carbocycles. The van der Waals surface area contributed by atoms with Gasteiger partial charge in [-0.25, -0.2) is 14.6 Å². The third-order valence-electron chi connectivity index (χ3n) is 9.16. The second kappa shape index (κ2) is 19.9. The van der Waals surface area contributed by atoms with Gasteiger partial charge in [-0.3, -0.25) is 10.1 Å². The van der Waals surface area contributed by atoms with Crippen LogP contribution in [0.3, 0.4) is 0 Å². The summed E-state index contributed by atoms with van der Waals surface area (Å²) in [5.74, 6) is 1.18. The zero-order valence-corrected chi connectivity index (χ0v) is 32.4. The fourth-order valence-corrected chi connectivity index (χ4v) is 6.27. The van der Waals surface area contributed by atoms with E-state index in [2.05, 4.69) is 57.0 Å². The lowest BCUT2D eigenvalue weighted by atomic mass is 9.86. The van der Waals surface area contributed by atoms with Gasteiger partial charge in [0.2, 0.25) is 0 Å². The second-order valence-electron chi connectivity index (χ2n) is 14.8. The molecule has 1 fully saturated rings. The van der Waals surface area contributed by atoms with E-state index in [1.807, 2.05) is 57.2 Å². The summed E-state index contributed by atoms with van der Waals surface area (Å²) in [6, 6.07) is 20.2. The number of carbonyl (C=O) groups excluding carboxylic acids is 1. The van der Waals surface area contributed by atoms with Crippen LogP contribution in [-0.2, 0) is 24.5 Å². The maximum absolute atomic E-state index is 12.9. The van der Waals surface area contributed by atoms with Crippen LogP contribution in [0.4, 0.5) is 16.2 Å². The molecule has 0 unspecified atom stereocenters. The van der Waals surface area contributed by atoms with Crippen molar-refractivity contribution in [1.82, 2.24) is 25.1 Å². The van der Waals surface area contributed by atoms with Crippen LogP contribution in [0.1, 0.15) is 83.6 Å². The van der Waals surface area contributed by atoms with Gasteiger partial charge in [0.25, 0.3) is 0 Å². The smallest absolute Gasteiger partial charge is 0.410 e. The van der Waals surface area contributed by atoms with Crippen molar-refractivity contribution < 1.29 is 33.6 Å².